The van der Waals surface area contributed by atoms with Crippen LogP contribution in [0.1, 0.15) is 23.6 Å². The maximum atomic E-state index is 2.45. The van der Waals surface area contributed by atoms with Gasteiger partial charge in [-0.05, 0) is 87.3 Å². The molecule has 1 heteroatoms. The molecule has 0 amide bonds. The van der Waals surface area contributed by atoms with E-state index in [1.165, 1.54) is 55.8 Å². The summed E-state index contributed by atoms with van der Waals surface area (Å²) in [5.74, 6) is 0. The van der Waals surface area contributed by atoms with E-state index in [4.69, 9.17) is 0 Å². The second kappa shape index (κ2) is 11.1. The molecule has 7 aromatic rings. The Morgan fingerprint density at radius 2 is 0.933 bits per heavy atom. The topological polar surface area (TPSA) is 3.24 Å². The molecule has 1 nitrogen and oxygen atoms in total. The number of fused-ring (bicyclic) bond motifs is 3. The molecule has 7 aromatic carbocycles. The van der Waals surface area contributed by atoms with Crippen molar-refractivity contribution < 1.29 is 0 Å². The average molecular weight is 576 g/mol. The summed E-state index contributed by atoms with van der Waals surface area (Å²) in [6.07, 6.45) is 0. The third kappa shape index (κ3) is 4.56. The fourth-order valence-corrected chi connectivity index (χ4v) is 7.15. The van der Waals surface area contributed by atoms with Crippen LogP contribution < -0.4 is 4.90 Å². The first kappa shape index (κ1) is 26.9. The molecule has 0 saturated heterocycles. The molecule has 0 spiro atoms. The maximum Gasteiger partial charge on any atom is 0.0512 e. The summed E-state index contributed by atoms with van der Waals surface area (Å²) in [4.78, 5) is 2.45. The first-order valence-electron chi connectivity index (χ1n) is 15.6. The molecule has 1 aliphatic rings. The first-order valence-corrected chi connectivity index (χ1v) is 15.6. The first-order chi connectivity index (χ1) is 22.2. The van der Waals surface area contributed by atoms with Gasteiger partial charge < -0.3 is 4.90 Å². The molecule has 0 bridgehead atoms. The number of hydrogen-bond donors (Lipinski definition) is 0. The predicted molar refractivity (Wildman–Crippen MR) is 189 cm³/mol. The molecular formula is C44H33N. The summed E-state index contributed by atoms with van der Waals surface area (Å²) in [6.45, 7) is 2.40. The lowest BCUT2D eigenvalue weighted by molar-refractivity contribution is 0.714. The zero-order chi connectivity index (χ0) is 30.2. The third-order valence-corrected chi connectivity index (χ3v) is 9.33. The van der Waals surface area contributed by atoms with Crippen molar-refractivity contribution in [3.8, 4) is 33.4 Å². The summed E-state index contributed by atoms with van der Waals surface area (Å²) < 4.78 is 0. The zero-order valence-electron chi connectivity index (χ0n) is 25.3. The van der Waals surface area contributed by atoms with Gasteiger partial charge in [-0.15, -0.1) is 0 Å². The fourth-order valence-electron chi connectivity index (χ4n) is 7.15. The van der Waals surface area contributed by atoms with Gasteiger partial charge in [-0.25, -0.2) is 0 Å². The Balaban J connectivity index is 1.37. The van der Waals surface area contributed by atoms with Gasteiger partial charge in [0.05, 0.1) is 5.69 Å². The van der Waals surface area contributed by atoms with E-state index in [0.29, 0.717) is 0 Å². The SMILES string of the molecule is CC1(c2ccccc2)c2ccccc2-c2cccc(N(c3ccc(-c4ccccc4)cc3)c3cccc(-c4ccccc4)c3)c21. The van der Waals surface area contributed by atoms with Gasteiger partial charge in [0.15, 0.2) is 0 Å². The summed E-state index contributed by atoms with van der Waals surface area (Å²) in [7, 11) is 0. The quantitative estimate of drug-likeness (QED) is 0.191. The highest BCUT2D eigenvalue weighted by Gasteiger charge is 2.43. The smallest absolute Gasteiger partial charge is 0.0512 e. The summed E-state index contributed by atoms with van der Waals surface area (Å²) in [6, 6.07) is 65.9. The third-order valence-electron chi connectivity index (χ3n) is 9.33. The van der Waals surface area contributed by atoms with Gasteiger partial charge in [-0.3, -0.25) is 0 Å². The van der Waals surface area contributed by atoms with Gasteiger partial charge in [-0.2, -0.15) is 0 Å². The van der Waals surface area contributed by atoms with Crippen molar-refractivity contribution in [3.05, 3.63) is 199 Å². The van der Waals surface area contributed by atoms with Crippen LogP contribution in [0.3, 0.4) is 0 Å². The van der Waals surface area contributed by atoms with E-state index in [0.717, 1.165) is 11.4 Å². The zero-order valence-corrected chi connectivity index (χ0v) is 25.3. The van der Waals surface area contributed by atoms with Gasteiger partial charge in [0, 0.05) is 16.8 Å². The number of nitrogens with zero attached hydrogens (tertiary/aromatic N) is 1. The lowest BCUT2D eigenvalue weighted by Crippen LogP contribution is -2.25. The van der Waals surface area contributed by atoms with E-state index in [1.807, 2.05) is 0 Å². The van der Waals surface area contributed by atoms with Gasteiger partial charge in [0.25, 0.3) is 0 Å². The van der Waals surface area contributed by atoms with Crippen molar-refractivity contribution in [1.82, 2.24) is 0 Å². The molecule has 0 fully saturated rings. The number of anilines is 3. The monoisotopic (exact) mass is 575 g/mol. The summed E-state index contributed by atoms with van der Waals surface area (Å²) in [5.41, 5.74) is 14.5. The minimum absolute atomic E-state index is 0.330. The fraction of sp³-hybridized carbons (Fsp3) is 0.0455. The Morgan fingerprint density at radius 1 is 0.400 bits per heavy atom. The van der Waals surface area contributed by atoms with Crippen LogP contribution in [0.5, 0.6) is 0 Å². The van der Waals surface area contributed by atoms with Gasteiger partial charge in [0.2, 0.25) is 0 Å². The van der Waals surface area contributed by atoms with Crippen LogP contribution in [0.25, 0.3) is 33.4 Å². The van der Waals surface area contributed by atoms with Crippen molar-refractivity contribution in [2.45, 2.75) is 12.3 Å². The van der Waals surface area contributed by atoms with Crippen molar-refractivity contribution >= 4 is 17.1 Å². The van der Waals surface area contributed by atoms with E-state index in [1.54, 1.807) is 0 Å². The van der Waals surface area contributed by atoms with Gasteiger partial charge >= 0.3 is 0 Å². The molecule has 45 heavy (non-hydrogen) atoms. The molecule has 0 aliphatic heterocycles. The minimum atomic E-state index is -0.330. The van der Waals surface area contributed by atoms with Crippen molar-refractivity contribution in [3.63, 3.8) is 0 Å². The molecule has 8 rings (SSSR count). The molecule has 1 aliphatic carbocycles. The molecule has 0 saturated carbocycles. The predicted octanol–water partition coefficient (Wildman–Crippen LogP) is 11.8. The summed E-state index contributed by atoms with van der Waals surface area (Å²) >= 11 is 0. The molecule has 0 radical (unpaired) electrons. The van der Waals surface area contributed by atoms with E-state index < -0.39 is 0 Å². The van der Waals surface area contributed by atoms with Crippen molar-refractivity contribution in [1.29, 1.82) is 0 Å². The van der Waals surface area contributed by atoms with E-state index in [9.17, 15) is 0 Å². The van der Waals surface area contributed by atoms with Crippen LogP contribution in [0.4, 0.5) is 17.1 Å². The lowest BCUT2D eigenvalue weighted by atomic mass is 9.73. The highest BCUT2D eigenvalue weighted by molar-refractivity contribution is 5.92. The summed E-state index contributed by atoms with van der Waals surface area (Å²) in [5, 5.41) is 0. The van der Waals surface area contributed by atoms with Crippen LogP contribution in [0.2, 0.25) is 0 Å². The Labute approximate surface area is 265 Å². The molecule has 1 atom stereocenters. The molecule has 214 valence electrons. The standard InChI is InChI=1S/C44H33N/c1-44(36-20-9-4-10-21-36)41-25-12-11-23-39(41)40-24-14-26-42(43(40)44)45(37-29-27-34(28-30-37)32-15-5-2-6-16-32)38-22-13-19-35(31-38)33-17-7-3-8-18-33/h2-31H,1H3. The number of benzene rings is 7. The number of rotatable bonds is 6. The minimum Gasteiger partial charge on any atom is -0.310 e. The molecule has 1 unspecified atom stereocenters. The van der Waals surface area contributed by atoms with E-state index >= 15 is 0 Å². The Morgan fingerprint density at radius 3 is 1.64 bits per heavy atom. The Bertz CT molecular complexity index is 2100. The molecular weight excluding hydrogens is 542 g/mol. The Hall–Kier alpha value is -5.66. The van der Waals surface area contributed by atoms with E-state index in [-0.39, 0.29) is 5.41 Å². The van der Waals surface area contributed by atoms with Crippen LogP contribution in [-0.2, 0) is 5.41 Å². The largest absolute Gasteiger partial charge is 0.310 e. The maximum absolute atomic E-state index is 2.45. The van der Waals surface area contributed by atoms with Gasteiger partial charge in [-0.1, -0.05) is 152 Å². The molecule has 0 aromatic heterocycles. The van der Waals surface area contributed by atoms with Crippen LogP contribution in [-0.4, -0.2) is 0 Å². The van der Waals surface area contributed by atoms with Gasteiger partial charge in [0.1, 0.15) is 0 Å². The molecule has 0 N–H and O–H groups in total. The second-order valence-electron chi connectivity index (χ2n) is 11.9. The van der Waals surface area contributed by atoms with E-state index in [2.05, 4.69) is 194 Å². The number of hydrogen-bond acceptors (Lipinski definition) is 1. The normalized spacial score (nSPS) is 14.9. The van der Waals surface area contributed by atoms with Crippen molar-refractivity contribution in [2.24, 2.45) is 0 Å². The second-order valence-corrected chi connectivity index (χ2v) is 11.9. The van der Waals surface area contributed by atoms with Crippen LogP contribution in [0.15, 0.2) is 182 Å². The highest BCUT2D eigenvalue weighted by atomic mass is 15.1. The molecule has 0 heterocycles. The van der Waals surface area contributed by atoms with Crippen molar-refractivity contribution in [2.75, 3.05) is 4.90 Å². The average Bonchev–Trinajstić information content (AvgIpc) is 3.39. The Kier molecular flexibility index (Phi) is 6.65. The lowest BCUT2D eigenvalue weighted by Gasteiger charge is -2.35. The van der Waals surface area contributed by atoms with Crippen LogP contribution in [0, 0.1) is 0 Å². The highest BCUT2D eigenvalue weighted by Crippen LogP contribution is 2.57. The van der Waals surface area contributed by atoms with Crippen LogP contribution >= 0.6 is 0 Å².